The quantitative estimate of drug-likeness (QED) is 0.762. The van der Waals surface area contributed by atoms with E-state index in [1.807, 2.05) is 13.8 Å². The number of rotatable bonds is 4. The second-order valence-corrected chi connectivity index (χ2v) is 5.60. The van der Waals surface area contributed by atoms with Crippen LogP contribution in [-0.4, -0.2) is 23.7 Å². The maximum Gasteiger partial charge on any atom is 0.223 e. The van der Waals surface area contributed by atoms with Crippen molar-refractivity contribution in [3.63, 3.8) is 0 Å². The van der Waals surface area contributed by atoms with Crippen LogP contribution in [0.5, 0.6) is 0 Å². The van der Waals surface area contributed by atoms with Gasteiger partial charge < -0.3 is 10.4 Å². The molecule has 0 aromatic carbocycles. The zero-order valence-corrected chi connectivity index (χ0v) is 10.3. The molecule has 0 spiro atoms. The van der Waals surface area contributed by atoms with E-state index in [0.717, 1.165) is 0 Å². The van der Waals surface area contributed by atoms with Crippen LogP contribution in [0.15, 0.2) is 0 Å². The number of carbonyl (C=O) groups is 1. The number of aliphatic hydroxyl groups excluding tert-OH is 1. The Labute approximate surface area is 97.6 Å². The number of hydrogen-bond donors (Lipinski definition) is 2. The van der Waals surface area contributed by atoms with Crippen LogP contribution in [0.1, 0.15) is 39.5 Å². The lowest BCUT2D eigenvalue weighted by Gasteiger charge is -2.19. The third kappa shape index (κ3) is 2.24. The van der Waals surface area contributed by atoms with Crippen LogP contribution < -0.4 is 5.32 Å². The minimum Gasteiger partial charge on any atom is -0.396 e. The lowest BCUT2D eigenvalue weighted by atomic mass is 10.0. The van der Waals surface area contributed by atoms with Gasteiger partial charge in [-0.2, -0.15) is 0 Å². The van der Waals surface area contributed by atoms with Crippen molar-refractivity contribution in [1.29, 1.82) is 0 Å². The smallest absolute Gasteiger partial charge is 0.223 e. The van der Waals surface area contributed by atoms with Crippen molar-refractivity contribution < 1.29 is 9.90 Å². The third-order valence-corrected chi connectivity index (χ3v) is 4.47. The van der Waals surface area contributed by atoms with Gasteiger partial charge in [0.05, 0.1) is 0 Å². The first-order valence-corrected chi connectivity index (χ1v) is 6.56. The molecule has 0 heterocycles. The molecule has 4 atom stereocenters. The number of aliphatic hydroxyl groups is 1. The summed E-state index contributed by atoms with van der Waals surface area (Å²) in [6.07, 6.45) is 5.08. The summed E-state index contributed by atoms with van der Waals surface area (Å²) in [4.78, 5) is 12.0. The molecule has 0 radical (unpaired) electrons. The van der Waals surface area contributed by atoms with Crippen LogP contribution in [0.25, 0.3) is 0 Å². The van der Waals surface area contributed by atoms with Crippen LogP contribution in [0.4, 0.5) is 0 Å². The van der Waals surface area contributed by atoms with Crippen molar-refractivity contribution in [2.75, 3.05) is 6.61 Å². The number of hydrogen-bond acceptors (Lipinski definition) is 2. The van der Waals surface area contributed by atoms with Gasteiger partial charge in [0, 0.05) is 18.6 Å². The molecule has 0 aromatic rings. The highest BCUT2D eigenvalue weighted by Crippen LogP contribution is 2.55. The second-order valence-electron chi connectivity index (χ2n) is 5.60. The van der Waals surface area contributed by atoms with Crippen LogP contribution in [-0.2, 0) is 4.79 Å². The topological polar surface area (TPSA) is 49.3 Å². The minimum atomic E-state index is 0.0835. The number of nitrogens with one attached hydrogen (secondary N) is 1. The van der Waals surface area contributed by atoms with E-state index in [1.165, 1.54) is 25.7 Å². The van der Waals surface area contributed by atoms with Gasteiger partial charge in [0.2, 0.25) is 5.91 Å². The molecule has 2 saturated carbocycles. The Bertz CT molecular complexity index is 255. The molecule has 0 aromatic heterocycles. The number of carbonyl (C=O) groups excluding carboxylic acids is 1. The highest BCUT2D eigenvalue weighted by Gasteiger charge is 2.54. The zero-order chi connectivity index (χ0) is 11.7. The van der Waals surface area contributed by atoms with Gasteiger partial charge in [-0.1, -0.05) is 19.8 Å². The van der Waals surface area contributed by atoms with Gasteiger partial charge in [0.1, 0.15) is 0 Å². The fraction of sp³-hybridized carbons (Fsp3) is 0.923. The molecule has 3 nitrogen and oxygen atoms in total. The van der Waals surface area contributed by atoms with E-state index >= 15 is 0 Å². The second kappa shape index (κ2) is 4.74. The van der Waals surface area contributed by atoms with Crippen LogP contribution >= 0.6 is 0 Å². The summed E-state index contributed by atoms with van der Waals surface area (Å²) in [6, 6.07) is 0.0835. The summed E-state index contributed by atoms with van der Waals surface area (Å²) < 4.78 is 0. The standard InChI is InChI=1S/C13H23NO2/c1-8(7-15)9(2)14-13(16)12-10-5-3-4-6-11(10)12/h8-12,15H,3-7H2,1-2H3,(H,14,16). The van der Waals surface area contributed by atoms with E-state index in [9.17, 15) is 4.79 Å². The minimum absolute atomic E-state index is 0.0835. The Morgan fingerprint density at radius 1 is 1.31 bits per heavy atom. The van der Waals surface area contributed by atoms with E-state index in [1.54, 1.807) is 0 Å². The van der Waals surface area contributed by atoms with Gasteiger partial charge in [0.25, 0.3) is 0 Å². The molecule has 2 N–H and O–H groups in total. The Balaban J connectivity index is 1.81. The lowest BCUT2D eigenvalue weighted by molar-refractivity contribution is -0.123. The van der Waals surface area contributed by atoms with E-state index in [-0.39, 0.29) is 30.4 Å². The summed E-state index contributed by atoms with van der Waals surface area (Å²) >= 11 is 0. The molecule has 0 bridgehead atoms. The Morgan fingerprint density at radius 3 is 2.38 bits per heavy atom. The van der Waals surface area contributed by atoms with Gasteiger partial charge in [-0.25, -0.2) is 0 Å². The summed E-state index contributed by atoms with van der Waals surface area (Å²) in [6.45, 7) is 4.08. The molecule has 0 aliphatic heterocycles. The molecule has 2 rings (SSSR count). The molecule has 16 heavy (non-hydrogen) atoms. The largest absolute Gasteiger partial charge is 0.396 e. The Kier molecular flexibility index (Phi) is 3.53. The molecular formula is C13H23NO2. The van der Waals surface area contributed by atoms with Crippen molar-refractivity contribution in [2.45, 2.75) is 45.6 Å². The molecule has 2 fully saturated rings. The zero-order valence-electron chi connectivity index (χ0n) is 10.3. The Hall–Kier alpha value is -0.570. The van der Waals surface area contributed by atoms with Crippen LogP contribution in [0, 0.1) is 23.7 Å². The van der Waals surface area contributed by atoms with E-state index in [2.05, 4.69) is 5.32 Å². The van der Waals surface area contributed by atoms with Crippen molar-refractivity contribution in [1.82, 2.24) is 5.32 Å². The first-order valence-electron chi connectivity index (χ1n) is 6.56. The summed E-state index contributed by atoms with van der Waals surface area (Å²) in [5, 5.41) is 12.1. The molecule has 2 aliphatic rings. The fourth-order valence-electron chi connectivity index (χ4n) is 3.00. The average Bonchev–Trinajstić information content (AvgIpc) is 3.01. The summed E-state index contributed by atoms with van der Waals surface area (Å²) in [5.74, 6) is 2.00. The van der Waals surface area contributed by atoms with Gasteiger partial charge in [0.15, 0.2) is 0 Å². The summed E-state index contributed by atoms with van der Waals surface area (Å²) in [7, 11) is 0. The van der Waals surface area contributed by atoms with E-state index in [4.69, 9.17) is 5.11 Å². The van der Waals surface area contributed by atoms with Crippen molar-refractivity contribution in [3.8, 4) is 0 Å². The highest BCUT2D eigenvalue weighted by molar-refractivity contribution is 5.82. The molecule has 3 heteroatoms. The fourth-order valence-corrected chi connectivity index (χ4v) is 3.00. The predicted molar refractivity (Wildman–Crippen MR) is 62.8 cm³/mol. The first kappa shape index (κ1) is 11.9. The normalized spacial score (nSPS) is 36.1. The first-order chi connectivity index (χ1) is 7.65. The van der Waals surface area contributed by atoms with E-state index < -0.39 is 0 Å². The van der Waals surface area contributed by atoms with Gasteiger partial charge in [-0.15, -0.1) is 0 Å². The average molecular weight is 225 g/mol. The van der Waals surface area contributed by atoms with Gasteiger partial charge in [-0.05, 0) is 37.5 Å². The van der Waals surface area contributed by atoms with E-state index in [0.29, 0.717) is 11.8 Å². The van der Waals surface area contributed by atoms with Crippen LogP contribution in [0.2, 0.25) is 0 Å². The van der Waals surface area contributed by atoms with Crippen molar-refractivity contribution in [3.05, 3.63) is 0 Å². The van der Waals surface area contributed by atoms with Gasteiger partial charge in [-0.3, -0.25) is 4.79 Å². The third-order valence-electron chi connectivity index (χ3n) is 4.47. The SMILES string of the molecule is CC(CO)C(C)NC(=O)C1C2CCCCC21. The monoisotopic (exact) mass is 225 g/mol. The maximum absolute atomic E-state index is 12.0. The Morgan fingerprint density at radius 2 is 1.88 bits per heavy atom. The molecular weight excluding hydrogens is 202 g/mol. The maximum atomic E-state index is 12.0. The van der Waals surface area contributed by atoms with Crippen LogP contribution in [0.3, 0.4) is 0 Å². The summed E-state index contributed by atoms with van der Waals surface area (Å²) in [5.41, 5.74) is 0. The molecule has 0 saturated heterocycles. The predicted octanol–water partition coefficient (Wildman–Crippen LogP) is 1.56. The molecule has 92 valence electrons. The number of amides is 1. The molecule has 4 unspecified atom stereocenters. The number of fused-ring (bicyclic) bond motifs is 1. The molecule has 1 amide bonds. The lowest BCUT2D eigenvalue weighted by Crippen LogP contribution is -2.39. The molecule has 2 aliphatic carbocycles. The van der Waals surface area contributed by atoms with Crippen molar-refractivity contribution in [2.24, 2.45) is 23.7 Å². The van der Waals surface area contributed by atoms with Crippen molar-refractivity contribution >= 4 is 5.91 Å². The van der Waals surface area contributed by atoms with Gasteiger partial charge >= 0.3 is 0 Å². The highest BCUT2D eigenvalue weighted by atomic mass is 16.3.